The third-order valence-corrected chi connectivity index (χ3v) is 4.65. The average molecular weight is 366 g/mol. The molecule has 6 heteroatoms. The van der Waals surface area contributed by atoms with Crippen LogP contribution in [0.15, 0.2) is 48.7 Å². The molecule has 3 rings (SSSR count). The quantitative estimate of drug-likeness (QED) is 0.603. The Balaban J connectivity index is 1.55. The SMILES string of the molecule is CC(=O)c1cc(C(=O)OCC(=O)N2CC=C(c3ccccc3)CC2)n(C)c1. The number of esters is 1. The number of hydrogen-bond acceptors (Lipinski definition) is 4. The van der Waals surface area contributed by atoms with Crippen LogP contribution in [0.3, 0.4) is 0 Å². The largest absolute Gasteiger partial charge is 0.451 e. The predicted molar refractivity (Wildman–Crippen MR) is 101 cm³/mol. The number of ketones is 1. The van der Waals surface area contributed by atoms with Crippen LogP contribution in [0, 0.1) is 0 Å². The van der Waals surface area contributed by atoms with Gasteiger partial charge in [-0.25, -0.2) is 4.79 Å². The van der Waals surface area contributed by atoms with Crippen LogP contribution in [-0.4, -0.2) is 46.8 Å². The molecule has 1 amide bonds. The first-order chi connectivity index (χ1) is 13.0. The van der Waals surface area contributed by atoms with Gasteiger partial charge in [-0.1, -0.05) is 36.4 Å². The van der Waals surface area contributed by atoms with E-state index in [1.807, 2.05) is 24.3 Å². The summed E-state index contributed by atoms with van der Waals surface area (Å²) in [5.74, 6) is -0.973. The Morgan fingerprint density at radius 3 is 2.48 bits per heavy atom. The van der Waals surface area contributed by atoms with E-state index in [4.69, 9.17) is 4.74 Å². The average Bonchev–Trinajstić information content (AvgIpc) is 3.09. The summed E-state index contributed by atoms with van der Waals surface area (Å²) in [6.45, 7) is 2.21. The van der Waals surface area contributed by atoms with Gasteiger partial charge in [-0.05, 0) is 30.5 Å². The molecule has 0 saturated carbocycles. The van der Waals surface area contributed by atoms with Crippen LogP contribution in [0.2, 0.25) is 0 Å². The Kier molecular flexibility index (Phi) is 5.54. The molecule has 0 unspecified atom stereocenters. The molecule has 0 aliphatic carbocycles. The normalized spacial score (nSPS) is 13.9. The fourth-order valence-corrected chi connectivity index (χ4v) is 3.06. The lowest BCUT2D eigenvalue weighted by molar-refractivity contribution is -0.134. The summed E-state index contributed by atoms with van der Waals surface area (Å²) < 4.78 is 6.67. The van der Waals surface area contributed by atoms with Crippen LogP contribution in [-0.2, 0) is 16.6 Å². The minimum absolute atomic E-state index is 0.130. The van der Waals surface area contributed by atoms with E-state index < -0.39 is 5.97 Å². The smallest absolute Gasteiger partial charge is 0.355 e. The minimum Gasteiger partial charge on any atom is -0.451 e. The minimum atomic E-state index is -0.615. The topological polar surface area (TPSA) is 68.6 Å². The van der Waals surface area contributed by atoms with Gasteiger partial charge in [0.15, 0.2) is 12.4 Å². The van der Waals surface area contributed by atoms with Crippen molar-refractivity contribution in [1.82, 2.24) is 9.47 Å². The number of carbonyl (C=O) groups excluding carboxylic acids is 3. The molecule has 0 spiro atoms. The highest BCUT2D eigenvalue weighted by molar-refractivity contribution is 5.98. The number of nitrogens with zero attached hydrogens (tertiary/aromatic N) is 2. The van der Waals surface area contributed by atoms with Gasteiger partial charge in [0.2, 0.25) is 0 Å². The van der Waals surface area contributed by atoms with Gasteiger partial charge >= 0.3 is 5.97 Å². The zero-order chi connectivity index (χ0) is 19.4. The molecular formula is C21H22N2O4. The van der Waals surface area contributed by atoms with Gasteiger partial charge in [0, 0.05) is 31.9 Å². The molecule has 0 saturated heterocycles. The summed E-state index contributed by atoms with van der Waals surface area (Å²) >= 11 is 0. The molecule has 6 nitrogen and oxygen atoms in total. The summed E-state index contributed by atoms with van der Waals surface area (Å²) in [6, 6.07) is 11.6. The number of Topliss-reactive ketones (excluding diaryl/α,β-unsaturated/α-hetero) is 1. The molecule has 1 aliphatic rings. The van der Waals surface area contributed by atoms with Crippen LogP contribution >= 0.6 is 0 Å². The highest BCUT2D eigenvalue weighted by atomic mass is 16.5. The number of carbonyl (C=O) groups is 3. The van der Waals surface area contributed by atoms with Gasteiger partial charge < -0.3 is 14.2 Å². The van der Waals surface area contributed by atoms with Crippen molar-refractivity contribution in [2.75, 3.05) is 19.7 Å². The Morgan fingerprint density at radius 1 is 1.15 bits per heavy atom. The molecule has 0 fully saturated rings. The fourth-order valence-electron chi connectivity index (χ4n) is 3.06. The van der Waals surface area contributed by atoms with Gasteiger partial charge in [-0.2, -0.15) is 0 Å². The first-order valence-electron chi connectivity index (χ1n) is 8.82. The van der Waals surface area contributed by atoms with E-state index >= 15 is 0 Å². The molecule has 0 N–H and O–H groups in total. The molecule has 0 atom stereocenters. The zero-order valence-corrected chi connectivity index (χ0v) is 15.5. The Bertz CT molecular complexity index is 896. The summed E-state index contributed by atoms with van der Waals surface area (Å²) in [5.41, 5.74) is 3.07. The maximum absolute atomic E-state index is 12.3. The van der Waals surface area contributed by atoms with Crippen molar-refractivity contribution < 1.29 is 19.1 Å². The third-order valence-electron chi connectivity index (χ3n) is 4.65. The lowest BCUT2D eigenvalue weighted by Crippen LogP contribution is -2.37. The van der Waals surface area contributed by atoms with Crippen molar-refractivity contribution in [2.24, 2.45) is 7.05 Å². The lowest BCUT2D eigenvalue weighted by Gasteiger charge is -2.26. The van der Waals surface area contributed by atoms with Gasteiger partial charge in [0.1, 0.15) is 5.69 Å². The summed E-state index contributed by atoms with van der Waals surface area (Å²) in [5, 5.41) is 0. The van der Waals surface area contributed by atoms with Crippen molar-refractivity contribution in [3.05, 3.63) is 65.5 Å². The monoisotopic (exact) mass is 366 g/mol. The van der Waals surface area contributed by atoms with E-state index in [0.29, 0.717) is 18.7 Å². The second-order valence-corrected chi connectivity index (χ2v) is 6.54. The number of ether oxygens (including phenoxy) is 1. The Morgan fingerprint density at radius 2 is 1.89 bits per heavy atom. The lowest BCUT2D eigenvalue weighted by atomic mass is 10.00. The predicted octanol–water partition coefficient (Wildman–Crippen LogP) is 2.70. The summed E-state index contributed by atoms with van der Waals surface area (Å²) in [4.78, 5) is 37.6. The molecule has 0 radical (unpaired) electrons. The van der Waals surface area contributed by atoms with Crippen LogP contribution in [0.4, 0.5) is 0 Å². The van der Waals surface area contributed by atoms with E-state index in [1.165, 1.54) is 28.7 Å². The zero-order valence-electron chi connectivity index (χ0n) is 15.5. The second kappa shape index (κ2) is 8.03. The maximum atomic E-state index is 12.3. The molecule has 1 aromatic carbocycles. The number of hydrogen-bond donors (Lipinski definition) is 0. The van der Waals surface area contributed by atoms with Crippen molar-refractivity contribution >= 4 is 23.2 Å². The van der Waals surface area contributed by atoms with E-state index in [0.717, 1.165) is 6.42 Å². The molecule has 2 heterocycles. The van der Waals surface area contributed by atoms with E-state index in [9.17, 15) is 14.4 Å². The van der Waals surface area contributed by atoms with Crippen LogP contribution in [0.1, 0.15) is 39.8 Å². The van der Waals surface area contributed by atoms with Crippen LogP contribution < -0.4 is 0 Å². The van der Waals surface area contributed by atoms with Gasteiger partial charge in [-0.15, -0.1) is 0 Å². The molecule has 1 aliphatic heterocycles. The summed E-state index contributed by atoms with van der Waals surface area (Å²) in [7, 11) is 1.66. The van der Waals surface area contributed by atoms with Gasteiger partial charge in [0.25, 0.3) is 5.91 Å². The molecule has 140 valence electrons. The second-order valence-electron chi connectivity index (χ2n) is 6.54. The first kappa shape index (κ1) is 18.6. The molecular weight excluding hydrogens is 344 g/mol. The number of rotatable bonds is 5. The van der Waals surface area contributed by atoms with Crippen molar-refractivity contribution in [2.45, 2.75) is 13.3 Å². The van der Waals surface area contributed by atoms with Gasteiger partial charge in [0.05, 0.1) is 0 Å². The van der Waals surface area contributed by atoms with E-state index in [-0.39, 0.29) is 24.0 Å². The molecule has 0 bridgehead atoms. The van der Waals surface area contributed by atoms with Crippen molar-refractivity contribution in [1.29, 1.82) is 0 Å². The third kappa shape index (κ3) is 4.34. The Labute approximate surface area is 158 Å². The Hall–Kier alpha value is -3.15. The number of aromatic nitrogens is 1. The van der Waals surface area contributed by atoms with E-state index in [1.54, 1.807) is 18.1 Å². The first-order valence-corrected chi connectivity index (χ1v) is 8.82. The molecule has 27 heavy (non-hydrogen) atoms. The molecule has 2 aromatic rings. The maximum Gasteiger partial charge on any atom is 0.355 e. The molecule has 1 aromatic heterocycles. The summed E-state index contributed by atoms with van der Waals surface area (Å²) in [6.07, 6.45) is 4.37. The number of aryl methyl sites for hydroxylation is 1. The van der Waals surface area contributed by atoms with Crippen molar-refractivity contribution in [3.63, 3.8) is 0 Å². The van der Waals surface area contributed by atoms with Crippen molar-refractivity contribution in [3.8, 4) is 0 Å². The number of benzene rings is 1. The fraction of sp³-hybridized carbons (Fsp3) is 0.286. The van der Waals surface area contributed by atoms with Crippen LogP contribution in [0.5, 0.6) is 0 Å². The van der Waals surface area contributed by atoms with Gasteiger partial charge in [-0.3, -0.25) is 9.59 Å². The highest BCUT2D eigenvalue weighted by Gasteiger charge is 2.21. The highest BCUT2D eigenvalue weighted by Crippen LogP contribution is 2.22. The van der Waals surface area contributed by atoms with Crippen LogP contribution in [0.25, 0.3) is 5.57 Å². The standard InChI is InChI=1S/C21H22N2O4/c1-15(24)18-12-19(22(2)13-18)21(26)27-14-20(25)23-10-8-17(9-11-23)16-6-4-3-5-7-16/h3-8,12-13H,9-11,14H2,1-2H3. The number of amides is 1. The van der Waals surface area contributed by atoms with E-state index in [2.05, 4.69) is 12.1 Å².